The van der Waals surface area contributed by atoms with Gasteiger partial charge < -0.3 is 0 Å². The van der Waals surface area contributed by atoms with Crippen molar-refractivity contribution in [3.63, 3.8) is 0 Å². The second-order valence-corrected chi connectivity index (χ2v) is 7.79. The van der Waals surface area contributed by atoms with Crippen molar-refractivity contribution < 1.29 is 0 Å². The molecular formula is C27H31N. The van der Waals surface area contributed by atoms with Crippen molar-refractivity contribution in [3.8, 4) is 0 Å². The highest BCUT2D eigenvalue weighted by Crippen LogP contribution is 2.46. The normalized spacial score (nSPS) is 15.1. The van der Waals surface area contributed by atoms with E-state index in [1.54, 1.807) is 0 Å². The molecule has 0 spiro atoms. The first-order valence-corrected chi connectivity index (χ1v) is 10.8. The minimum Gasteiger partial charge on any atom is -0.286 e. The number of aryl methyl sites for hydroxylation is 2. The molecule has 4 rings (SSSR count). The maximum absolute atomic E-state index is 2.74. The number of hydrogen-bond donors (Lipinski definition) is 0. The first-order chi connectivity index (χ1) is 13.8. The Bertz CT molecular complexity index is 859. The summed E-state index contributed by atoms with van der Waals surface area (Å²) in [4.78, 5) is 2.74. The molecule has 1 aliphatic rings. The first kappa shape index (κ1) is 19.0. The van der Waals surface area contributed by atoms with Gasteiger partial charge in [0.2, 0.25) is 0 Å². The highest BCUT2D eigenvalue weighted by molar-refractivity contribution is 5.55. The van der Waals surface area contributed by atoms with Crippen LogP contribution in [0.15, 0.2) is 78.9 Å². The quantitative estimate of drug-likeness (QED) is 0.468. The zero-order valence-corrected chi connectivity index (χ0v) is 17.2. The van der Waals surface area contributed by atoms with Crippen molar-refractivity contribution in [1.29, 1.82) is 0 Å². The fourth-order valence-corrected chi connectivity index (χ4v) is 5.07. The van der Waals surface area contributed by atoms with Gasteiger partial charge in [-0.15, -0.1) is 0 Å². The standard InChI is InChI=1S/C27H31N/c1-3-22-14-8-10-18-25(22)27(28-20-12-13-21-28,24-16-6-5-7-17-24)26-19-11-9-15-23(26)4-2/h5-11,14-19H,3-4,12-13,20-21H2,1-2H3. The molecule has 0 aromatic heterocycles. The van der Waals surface area contributed by atoms with Gasteiger partial charge in [0.1, 0.15) is 0 Å². The summed E-state index contributed by atoms with van der Waals surface area (Å²) < 4.78 is 0. The molecule has 0 unspecified atom stereocenters. The third kappa shape index (κ3) is 3.08. The van der Waals surface area contributed by atoms with Crippen molar-refractivity contribution >= 4 is 0 Å². The summed E-state index contributed by atoms with van der Waals surface area (Å²) >= 11 is 0. The summed E-state index contributed by atoms with van der Waals surface area (Å²) in [6.45, 7) is 6.85. The van der Waals surface area contributed by atoms with E-state index in [4.69, 9.17) is 0 Å². The van der Waals surface area contributed by atoms with Crippen LogP contribution in [0.2, 0.25) is 0 Å². The molecule has 1 heteroatoms. The van der Waals surface area contributed by atoms with Gasteiger partial charge in [0, 0.05) is 0 Å². The number of hydrogen-bond acceptors (Lipinski definition) is 1. The van der Waals surface area contributed by atoms with E-state index in [0.717, 1.165) is 25.9 Å². The fourth-order valence-electron chi connectivity index (χ4n) is 5.07. The molecule has 3 aromatic rings. The van der Waals surface area contributed by atoms with Crippen molar-refractivity contribution in [1.82, 2.24) is 4.90 Å². The SMILES string of the molecule is CCc1ccccc1C(c1ccccc1)(c1ccccc1CC)N1CCCC1. The molecular weight excluding hydrogens is 338 g/mol. The maximum atomic E-state index is 2.74. The van der Waals surface area contributed by atoms with E-state index in [1.807, 2.05) is 0 Å². The molecule has 0 aliphatic carbocycles. The van der Waals surface area contributed by atoms with Crippen LogP contribution in [0.25, 0.3) is 0 Å². The van der Waals surface area contributed by atoms with Crippen LogP contribution in [0.4, 0.5) is 0 Å². The van der Waals surface area contributed by atoms with Crippen LogP contribution >= 0.6 is 0 Å². The zero-order valence-electron chi connectivity index (χ0n) is 17.2. The lowest BCUT2D eigenvalue weighted by Gasteiger charge is -2.45. The van der Waals surface area contributed by atoms with Crippen LogP contribution < -0.4 is 0 Å². The van der Waals surface area contributed by atoms with E-state index < -0.39 is 0 Å². The minimum absolute atomic E-state index is 0.225. The molecule has 1 heterocycles. The Hall–Kier alpha value is -2.38. The zero-order chi connectivity index (χ0) is 19.4. The predicted octanol–water partition coefficient (Wildman–Crippen LogP) is 6.20. The molecule has 0 atom stereocenters. The molecule has 0 bridgehead atoms. The van der Waals surface area contributed by atoms with E-state index >= 15 is 0 Å². The van der Waals surface area contributed by atoms with Crippen LogP contribution in [0.3, 0.4) is 0 Å². The number of likely N-dealkylation sites (tertiary alicyclic amines) is 1. The number of nitrogens with zero attached hydrogens (tertiary/aromatic N) is 1. The van der Waals surface area contributed by atoms with Crippen molar-refractivity contribution in [2.24, 2.45) is 0 Å². The summed E-state index contributed by atoms with van der Waals surface area (Å²) in [6.07, 6.45) is 4.65. The molecule has 1 nitrogen and oxygen atoms in total. The fraction of sp³-hybridized carbons (Fsp3) is 0.333. The molecule has 1 fully saturated rings. The van der Waals surface area contributed by atoms with Gasteiger partial charge >= 0.3 is 0 Å². The Morgan fingerprint density at radius 1 is 0.643 bits per heavy atom. The first-order valence-electron chi connectivity index (χ1n) is 10.8. The van der Waals surface area contributed by atoms with Crippen LogP contribution in [-0.4, -0.2) is 18.0 Å². The molecule has 0 radical (unpaired) electrons. The van der Waals surface area contributed by atoms with E-state index in [1.165, 1.54) is 40.7 Å². The van der Waals surface area contributed by atoms with Gasteiger partial charge in [-0.3, -0.25) is 4.90 Å². The summed E-state index contributed by atoms with van der Waals surface area (Å²) in [7, 11) is 0. The van der Waals surface area contributed by atoms with Crippen LogP contribution in [0, 0.1) is 0 Å². The molecule has 1 saturated heterocycles. The van der Waals surface area contributed by atoms with Crippen molar-refractivity contribution in [3.05, 3.63) is 107 Å². The van der Waals surface area contributed by atoms with E-state index in [0.29, 0.717) is 0 Å². The summed E-state index contributed by atoms with van der Waals surface area (Å²) in [5.41, 5.74) is 6.96. The Labute approximate surface area is 170 Å². The average Bonchev–Trinajstić information content (AvgIpc) is 3.31. The van der Waals surface area contributed by atoms with Gasteiger partial charge in [0.25, 0.3) is 0 Å². The lowest BCUT2D eigenvalue weighted by atomic mass is 9.72. The second-order valence-electron chi connectivity index (χ2n) is 7.79. The summed E-state index contributed by atoms with van der Waals surface area (Å²) in [6, 6.07) is 29.4. The maximum Gasteiger partial charge on any atom is 0.0978 e. The van der Waals surface area contributed by atoms with Gasteiger partial charge in [0.15, 0.2) is 0 Å². The molecule has 0 saturated carbocycles. The largest absolute Gasteiger partial charge is 0.286 e. The summed E-state index contributed by atoms with van der Waals surface area (Å²) in [5, 5.41) is 0. The molecule has 144 valence electrons. The smallest absolute Gasteiger partial charge is 0.0978 e. The van der Waals surface area contributed by atoms with E-state index in [2.05, 4.69) is 97.6 Å². The van der Waals surface area contributed by atoms with Crippen LogP contribution in [-0.2, 0) is 18.4 Å². The molecule has 28 heavy (non-hydrogen) atoms. The minimum atomic E-state index is -0.225. The molecule has 3 aromatic carbocycles. The molecule has 1 aliphatic heterocycles. The molecule has 0 amide bonds. The topological polar surface area (TPSA) is 3.24 Å². The molecule has 0 N–H and O–H groups in total. The van der Waals surface area contributed by atoms with Crippen LogP contribution in [0.1, 0.15) is 54.5 Å². The summed E-state index contributed by atoms with van der Waals surface area (Å²) in [5.74, 6) is 0. The van der Waals surface area contributed by atoms with Crippen molar-refractivity contribution in [2.75, 3.05) is 13.1 Å². The number of benzene rings is 3. The Morgan fingerprint density at radius 3 is 1.61 bits per heavy atom. The van der Waals surface area contributed by atoms with Gasteiger partial charge in [-0.05, 0) is 66.6 Å². The van der Waals surface area contributed by atoms with Crippen molar-refractivity contribution in [2.45, 2.75) is 45.1 Å². The Kier molecular flexibility index (Phi) is 5.64. The number of rotatable bonds is 6. The lowest BCUT2D eigenvalue weighted by Crippen LogP contribution is -2.47. The van der Waals surface area contributed by atoms with E-state index in [9.17, 15) is 0 Å². The highest BCUT2D eigenvalue weighted by atomic mass is 15.2. The lowest BCUT2D eigenvalue weighted by molar-refractivity contribution is 0.197. The third-order valence-electron chi connectivity index (χ3n) is 6.35. The van der Waals surface area contributed by atoms with Gasteiger partial charge in [-0.2, -0.15) is 0 Å². The van der Waals surface area contributed by atoms with Crippen LogP contribution in [0.5, 0.6) is 0 Å². The monoisotopic (exact) mass is 369 g/mol. The Balaban J connectivity index is 2.12. The van der Waals surface area contributed by atoms with E-state index in [-0.39, 0.29) is 5.54 Å². The van der Waals surface area contributed by atoms with Gasteiger partial charge in [0.05, 0.1) is 5.54 Å². The predicted molar refractivity (Wildman–Crippen MR) is 119 cm³/mol. The second kappa shape index (κ2) is 8.32. The van der Waals surface area contributed by atoms with Gasteiger partial charge in [-0.1, -0.05) is 92.7 Å². The highest BCUT2D eigenvalue weighted by Gasteiger charge is 2.44. The Morgan fingerprint density at radius 2 is 1.11 bits per heavy atom. The van der Waals surface area contributed by atoms with Gasteiger partial charge in [-0.25, -0.2) is 0 Å². The third-order valence-corrected chi connectivity index (χ3v) is 6.35. The average molecular weight is 370 g/mol.